The van der Waals surface area contributed by atoms with Crippen LogP contribution in [0.5, 0.6) is 0 Å². The molecule has 0 aliphatic carbocycles. The predicted molar refractivity (Wildman–Crippen MR) is 86.6 cm³/mol. The Bertz CT molecular complexity index is 460. The van der Waals surface area contributed by atoms with E-state index in [0.29, 0.717) is 10.6 Å². The summed E-state index contributed by atoms with van der Waals surface area (Å²) in [5.41, 5.74) is 3.53. The highest BCUT2D eigenvalue weighted by Gasteiger charge is 2.25. The molecule has 1 aliphatic heterocycles. The zero-order chi connectivity index (χ0) is 14.0. The highest BCUT2D eigenvalue weighted by molar-refractivity contribution is 8.00. The molecule has 4 heteroatoms. The Morgan fingerprint density at radius 2 is 2.11 bits per heavy atom. The van der Waals surface area contributed by atoms with Crippen molar-refractivity contribution in [1.29, 1.82) is 0 Å². The lowest BCUT2D eigenvalue weighted by atomic mass is 10.1. The first-order chi connectivity index (χ1) is 8.93. The fourth-order valence-corrected chi connectivity index (χ4v) is 3.93. The van der Waals surface area contributed by atoms with Crippen molar-refractivity contribution < 1.29 is 0 Å². The average Bonchev–Trinajstić information content (AvgIpc) is 2.49. The van der Waals surface area contributed by atoms with Crippen LogP contribution in [-0.2, 0) is 5.88 Å². The van der Waals surface area contributed by atoms with Crippen molar-refractivity contribution in [2.24, 2.45) is 0 Å². The van der Waals surface area contributed by atoms with Crippen molar-refractivity contribution in [1.82, 2.24) is 4.98 Å². The van der Waals surface area contributed by atoms with E-state index >= 15 is 0 Å². The third kappa shape index (κ3) is 3.57. The number of hydrogen-bond donors (Lipinski definition) is 0. The largest absolute Gasteiger partial charge is 0.355 e. The molecule has 1 aromatic heterocycles. The van der Waals surface area contributed by atoms with Gasteiger partial charge in [0.15, 0.2) is 0 Å². The lowest BCUT2D eigenvalue weighted by Crippen LogP contribution is -2.29. The second-order valence-corrected chi connectivity index (χ2v) is 7.93. The van der Waals surface area contributed by atoms with Gasteiger partial charge in [0.1, 0.15) is 5.82 Å². The molecule has 2 heterocycles. The number of rotatable bonds is 2. The Hall–Kier alpha value is -0.410. The first-order valence-electron chi connectivity index (χ1n) is 6.85. The van der Waals surface area contributed by atoms with E-state index in [-0.39, 0.29) is 0 Å². The van der Waals surface area contributed by atoms with Crippen LogP contribution in [0.1, 0.15) is 37.1 Å². The minimum Gasteiger partial charge on any atom is -0.355 e. The molecular weight excluding hydrogens is 276 g/mol. The minimum absolute atomic E-state index is 0.370. The Labute approximate surface area is 125 Å². The van der Waals surface area contributed by atoms with Crippen LogP contribution in [0.4, 0.5) is 5.82 Å². The minimum atomic E-state index is 0.370. The molecule has 0 amide bonds. The summed E-state index contributed by atoms with van der Waals surface area (Å²) >= 11 is 8.19. The van der Waals surface area contributed by atoms with Gasteiger partial charge in [-0.2, -0.15) is 11.8 Å². The summed E-state index contributed by atoms with van der Waals surface area (Å²) < 4.78 is 0.370. The topological polar surface area (TPSA) is 16.1 Å². The second kappa shape index (κ2) is 5.92. The molecule has 19 heavy (non-hydrogen) atoms. The molecule has 1 aliphatic rings. The van der Waals surface area contributed by atoms with Gasteiger partial charge in [-0.1, -0.05) is 13.8 Å². The fraction of sp³-hybridized carbons (Fsp3) is 0.667. The quantitative estimate of drug-likeness (QED) is 0.763. The molecule has 1 aromatic rings. The van der Waals surface area contributed by atoms with Gasteiger partial charge >= 0.3 is 0 Å². The number of hydrogen-bond acceptors (Lipinski definition) is 3. The third-order valence-corrected chi connectivity index (χ3v) is 5.36. The van der Waals surface area contributed by atoms with Gasteiger partial charge in [-0.15, -0.1) is 11.6 Å². The number of pyridine rings is 1. The van der Waals surface area contributed by atoms with E-state index in [9.17, 15) is 0 Å². The molecule has 0 spiro atoms. The number of anilines is 1. The van der Waals surface area contributed by atoms with Crippen molar-refractivity contribution in [3.8, 4) is 0 Å². The summed E-state index contributed by atoms with van der Waals surface area (Å²) in [5.74, 6) is 2.80. The lowest BCUT2D eigenvalue weighted by Gasteiger charge is -2.26. The first-order valence-corrected chi connectivity index (χ1v) is 8.37. The standard InChI is InChI=1S/C15H23ClN2S/c1-11-9-12(2)17-14(13(11)10-16)18-6-5-15(3,4)19-8-7-18/h9H,5-8,10H2,1-4H3. The maximum Gasteiger partial charge on any atom is 0.133 e. The molecule has 0 radical (unpaired) electrons. The van der Waals surface area contributed by atoms with Crippen molar-refractivity contribution in [2.45, 2.75) is 44.7 Å². The lowest BCUT2D eigenvalue weighted by molar-refractivity contribution is 0.634. The van der Waals surface area contributed by atoms with Crippen LogP contribution in [0.3, 0.4) is 0 Å². The highest BCUT2D eigenvalue weighted by Crippen LogP contribution is 2.33. The van der Waals surface area contributed by atoms with E-state index in [0.717, 1.165) is 30.4 Å². The maximum atomic E-state index is 6.13. The zero-order valence-corrected chi connectivity index (χ0v) is 13.9. The number of halogens is 1. The maximum absolute atomic E-state index is 6.13. The zero-order valence-electron chi connectivity index (χ0n) is 12.3. The van der Waals surface area contributed by atoms with Crippen LogP contribution in [0.25, 0.3) is 0 Å². The van der Waals surface area contributed by atoms with Crippen LogP contribution < -0.4 is 4.90 Å². The van der Waals surface area contributed by atoms with Crippen LogP contribution in [0, 0.1) is 13.8 Å². The predicted octanol–water partition coefficient (Wildman–Crippen LogP) is 4.16. The summed E-state index contributed by atoms with van der Waals surface area (Å²) in [6, 6.07) is 2.12. The normalized spacial score (nSPS) is 19.3. The van der Waals surface area contributed by atoms with Gasteiger partial charge in [0.05, 0.1) is 5.88 Å². The molecule has 0 saturated carbocycles. The molecule has 0 N–H and O–H groups in total. The monoisotopic (exact) mass is 298 g/mol. The average molecular weight is 299 g/mol. The molecule has 0 aromatic carbocycles. The second-order valence-electron chi connectivity index (χ2n) is 5.86. The van der Waals surface area contributed by atoms with Gasteiger partial charge in [0, 0.05) is 34.8 Å². The van der Waals surface area contributed by atoms with E-state index in [1.165, 1.54) is 17.5 Å². The molecule has 2 nitrogen and oxygen atoms in total. The summed E-state index contributed by atoms with van der Waals surface area (Å²) in [7, 11) is 0. The van der Waals surface area contributed by atoms with Crippen LogP contribution in [0.15, 0.2) is 6.07 Å². The van der Waals surface area contributed by atoms with E-state index < -0.39 is 0 Å². The third-order valence-electron chi connectivity index (χ3n) is 3.72. The van der Waals surface area contributed by atoms with Gasteiger partial charge in [-0.25, -0.2) is 4.98 Å². The number of aryl methyl sites for hydroxylation is 2. The van der Waals surface area contributed by atoms with E-state index in [1.54, 1.807) is 0 Å². The van der Waals surface area contributed by atoms with E-state index in [4.69, 9.17) is 16.6 Å². The van der Waals surface area contributed by atoms with Crippen molar-refractivity contribution in [2.75, 3.05) is 23.7 Å². The Balaban J connectivity index is 2.31. The summed E-state index contributed by atoms with van der Waals surface area (Å²) in [5, 5.41) is 0. The number of nitrogens with zero attached hydrogens (tertiary/aromatic N) is 2. The van der Waals surface area contributed by atoms with Crippen molar-refractivity contribution >= 4 is 29.2 Å². The molecule has 1 fully saturated rings. The molecule has 0 bridgehead atoms. The number of aromatic nitrogens is 1. The summed E-state index contributed by atoms with van der Waals surface area (Å²) in [6.07, 6.45) is 1.19. The van der Waals surface area contributed by atoms with E-state index in [2.05, 4.69) is 50.4 Å². The molecule has 1 saturated heterocycles. The number of thioether (sulfide) groups is 1. The fourth-order valence-electron chi connectivity index (χ4n) is 2.50. The van der Waals surface area contributed by atoms with Gasteiger partial charge in [-0.3, -0.25) is 0 Å². The van der Waals surface area contributed by atoms with Crippen LogP contribution >= 0.6 is 23.4 Å². The molecule has 2 rings (SSSR count). The molecule has 0 unspecified atom stereocenters. The smallest absolute Gasteiger partial charge is 0.133 e. The Kier molecular flexibility index (Phi) is 4.67. The summed E-state index contributed by atoms with van der Waals surface area (Å²) in [6.45, 7) is 11.0. The van der Waals surface area contributed by atoms with Crippen molar-refractivity contribution in [3.63, 3.8) is 0 Å². The molecule has 0 atom stereocenters. The number of alkyl halides is 1. The van der Waals surface area contributed by atoms with Gasteiger partial charge in [0.2, 0.25) is 0 Å². The van der Waals surface area contributed by atoms with Crippen molar-refractivity contribution in [3.05, 3.63) is 22.9 Å². The van der Waals surface area contributed by atoms with Crippen LogP contribution in [-0.4, -0.2) is 28.6 Å². The summed E-state index contributed by atoms with van der Waals surface area (Å²) in [4.78, 5) is 7.17. The Morgan fingerprint density at radius 1 is 1.37 bits per heavy atom. The highest BCUT2D eigenvalue weighted by atomic mass is 35.5. The van der Waals surface area contributed by atoms with E-state index in [1.807, 2.05) is 0 Å². The molecular formula is C15H23ClN2S. The van der Waals surface area contributed by atoms with Crippen LogP contribution in [0.2, 0.25) is 0 Å². The van der Waals surface area contributed by atoms with Gasteiger partial charge in [0.25, 0.3) is 0 Å². The van der Waals surface area contributed by atoms with Gasteiger partial charge < -0.3 is 4.90 Å². The first kappa shape index (κ1) is 15.0. The molecule has 106 valence electrons. The Morgan fingerprint density at radius 3 is 2.79 bits per heavy atom. The van der Waals surface area contributed by atoms with Gasteiger partial charge in [-0.05, 0) is 31.9 Å². The SMILES string of the molecule is Cc1cc(C)c(CCl)c(N2CCSC(C)(C)CC2)n1.